The molecular formula is C27H24ClN5O4S2. The molecule has 0 saturated carbocycles. The molecule has 0 atom stereocenters. The second-order valence-corrected chi connectivity index (χ2v) is 11.0. The summed E-state index contributed by atoms with van der Waals surface area (Å²) in [7, 11) is 0. The summed E-state index contributed by atoms with van der Waals surface area (Å²) in [4.78, 5) is 41.3. The first-order valence-electron chi connectivity index (χ1n) is 11.9. The van der Waals surface area contributed by atoms with Crippen LogP contribution in [-0.2, 0) is 16.1 Å². The molecule has 39 heavy (non-hydrogen) atoms. The van der Waals surface area contributed by atoms with Gasteiger partial charge in [0.25, 0.3) is 0 Å². The SMILES string of the molecule is Cc1cc(C)nc(SCC(=O)N(CC(=O)Nc2ccc3c(c2)OCO3)Cc2nc(-c3ccc(Cl)cc3)cs2)n1. The highest BCUT2D eigenvalue weighted by atomic mass is 35.5. The summed E-state index contributed by atoms with van der Waals surface area (Å²) in [6.07, 6.45) is 0. The minimum absolute atomic E-state index is 0.0790. The Balaban J connectivity index is 1.30. The maximum atomic E-state index is 13.3. The molecule has 0 unspecified atom stereocenters. The van der Waals surface area contributed by atoms with E-state index in [1.165, 1.54) is 28.0 Å². The Bertz CT molecular complexity index is 1490. The predicted molar refractivity (Wildman–Crippen MR) is 151 cm³/mol. The third-order valence-electron chi connectivity index (χ3n) is 5.65. The molecular weight excluding hydrogens is 558 g/mol. The number of amides is 2. The molecule has 12 heteroatoms. The van der Waals surface area contributed by atoms with Gasteiger partial charge in [-0.2, -0.15) is 0 Å². The highest BCUT2D eigenvalue weighted by Gasteiger charge is 2.21. The summed E-state index contributed by atoms with van der Waals surface area (Å²) in [6.45, 7) is 3.93. The molecule has 0 spiro atoms. The second kappa shape index (κ2) is 12.0. The standard InChI is InChI=1S/C27H24ClN5O4S2/c1-16-9-17(2)30-27(29-16)39-14-26(35)33(11-24(34)31-20-7-8-22-23(10-20)37-15-36-22)12-25-32-21(13-38-25)18-3-5-19(28)6-4-18/h3-10,13H,11-12,14-15H2,1-2H3,(H,31,34). The number of thiazole rings is 1. The zero-order valence-corrected chi connectivity index (χ0v) is 23.5. The third kappa shape index (κ3) is 7.05. The molecule has 4 aromatic rings. The van der Waals surface area contributed by atoms with Crippen LogP contribution in [0.4, 0.5) is 5.69 Å². The van der Waals surface area contributed by atoms with Crippen molar-refractivity contribution >= 4 is 52.2 Å². The molecule has 1 aliphatic rings. The molecule has 2 aromatic heterocycles. The van der Waals surface area contributed by atoms with Crippen molar-refractivity contribution in [3.63, 3.8) is 0 Å². The molecule has 2 amide bonds. The van der Waals surface area contributed by atoms with Crippen LogP contribution in [0.15, 0.2) is 59.1 Å². The fourth-order valence-electron chi connectivity index (χ4n) is 3.86. The lowest BCUT2D eigenvalue weighted by Crippen LogP contribution is -2.38. The molecule has 0 aliphatic carbocycles. The Hall–Kier alpha value is -3.67. The van der Waals surface area contributed by atoms with E-state index in [1.807, 2.05) is 37.4 Å². The van der Waals surface area contributed by atoms with Crippen molar-refractivity contribution in [3.8, 4) is 22.8 Å². The van der Waals surface area contributed by atoms with E-state index in [-0.39, 0.29) is 37.4 Å². The molecule has 200 valence electrons. The van der Waals surface area contributed by atoms with E-state index in [9.17, 15) is 9.59 Å². The average molecular weight is 582 g/mol. The molecule has 1 N–H and O–H groups in total. The zero-order chi connectivity index (χ0) is 27.4. The largest absolute Gasteiger partial charge is 0.454 e. The van der Waals surface area contributed by atoms with Crippen molar-refractivity contribution in [1.29, 1.82) is 0 Å². The van der Waals surface area contributed by atoms with Crippen LogP contribution in [0.2, 0.25) is 5.02 Å². The first-order chi connectivity index (χ1) is 18.8. The van der Waals surface area contributed by atoms with Gasteiger partial charge in [-0.15, -0.1) is 11.3 Å². The number of aromatic nitrogens is 3. The highest BCUT2D eigenvalue weighted by Crippen LogP contribution is 2.34. The van der Waals surface area contributed by atoms with Crippen LogP contribution in [0, 0.1) is 13.8 Å². The van der Waals surface area contributed by atoms with Gasteiger partial charge in [0.2, 0.25) is 18.6 Å². The van der Waals surface area contributed by atoms with Gasteiger partial charge in [0, 0.05) is 39.1 Å². The summed E-state index contributed by atoms with van der Waals surface area (Å²) in [5.74, 6) is 0.685. The van der Waals surface area contributed by atoms with Gasteiger partial charge in [-0.05, 0) is 44.2 Å². The van der Waals surface area contributed by atoms with E-state index in [1.54, 1.807) is 30.3 Å². The van der Waals surface area contributed by atoms with Gasteiger partial charge in [-0.25, -0.2) is 15.0 Å². The van der Waals surface area contributed by atoms with Gasteiger partial charge in [-0.1, -0.05) is 35.5 Å². The molecule has 0 saturated heterocycles. The van der Waals surface area contributed by atoms with E-state index in [4.69, 9.17) is 26.1 Å². The van der Waals surface area contributed by atoms with Crippen molar-refractivity contribution < 1.29 is 19.1 Å². The van der Waals surface area contributed by atoms with Gasteiger partial charge in [0.15, 0.2) is 16.7 Å². The molecule has 2 aromatic carbocycles. The summed E-state index contributed by atoms with van der Waals surface area (Å²) in [5.41, 5.74) is 3.91. The number of halogens is 1. The molecule has 5 rings (SSSR count). The Morgan fingerprint density at radius 3 is 2.54 bits per heavy atom. The van der Waals surface area contributed by atoms with Crippen molar-refractivity contribution in [1.82, 2.24) is 19.9 Å². The summed E-state index contributed by atoms with van der Waals surface area (Å²) in [6, 6.07) is 14.4. The highest BCUT2D eigenvalue weighted by molar-refractivity contribution is 7.99. The summed E-state index contributed by atoms with van der Waals surface area (Å²) in [5, 5.41) is 6.63. The number of hydrogen-bond donors (Lipinski definition) is 1. The minimum Gasteiger partial charge on any atom is -0.454 e. The fourth-order valence-corrected chi connectivity index (χ4v) is 5.65. The zero-order valence-electron chi connectivity index (χ0n) is 21.1. The van der Waals surface area contributed by atoms with Crippen molar-refractivity contribution in [2.45, 2.75) is 25.5 Å². The lowest BCUT2D eigenvalue weighted by Gasteiger charge is -2.21. The number of anilines is 1. The monoisotopic (exact) mass is 581 g/mol. The van der Waals surface area contributed by atoms with Crippen LogP contribution in [0.3, 0.4) is 0 Å². The number of hydrogen-bond acceptors (Lipinski definition) is 9. The van der Waals surface area contributed by atoms with Gasteiger partial charge in [0.1, 0.15) is 11.6 Å². The summed E-state index contributed by atoms with van der Waals surface area (Å²) >= 11 is 8.67. The molecule has 1 aliphatic heterocycles. The number of benzene rings is 2. The topological polar surface area (TPSA) is 107 Å². The molecule has 0 bridgehead atoms. The number of rotatable bonds is 9. The Morgan fingerprint density at radius 2 is 1.77 bits per heavy atom. The van der Waals surface area contributed by atoms with E-state index in [0.29, 0.717) is 32.4 Å². The number of ether oxygens (including phenoxy) is 2. The Morgan fingerprint density at radius 1 is 1.03 bits per heavy atom. The van der Waals surface area contributed by atoms with E-state index in [0.717, 1.165) is 22.6 Å². The van der Waals surface area contributed by atoms with Gasteiger partial charge in [-0.3, -0.25) is 9.59 Å². The maximum absolute atomic E-state index is 13.3. The predicted octanol–water partition coefficient (Wildman–Crippen LogP) is 5.36. The lowest BCUT2D eigenvalue weighted by atomic mass is 10.2. The van der Waals surface area contributed by atoms with E-state index < -0.39 is 0 Å². The smallest absolute Gasteiger partial charge is 0.244 e. The first kappa shape index (κ1) is 26.9. The molecule has 0 radical (unpaired) electrons. The molecule has 3 heterocycles. The molecule has 9 nitrogen and oxygen atoms in total. The Labute approximate surface area is 238 Å². The normalized spacial score (nSPS) is 11.9. The van der Waals surface area contributed by atoms with Crippen molar-refractivity contribution in [2.75, 3.05) is 24.4 Å². The number of carbonyl (C=O) groups is 2. The van der Waals surface area contributed by atoms with Gasteiger partial charge >= 0.3 is 0 Å². The van der Waals surface area contributed by atoms with Crippen LogP contribution in [0.5, 0.6) is 11.5 Å². The lowest BCUT2D eigenvalue weighted by molar-refractivity contribution is -0.132. The van der Waals surface area contributed by atoms with Crippen LogP contribution < -0.4 is 14.8 Å². The first-order valence-corrected chi connectivity index (χ1v) is 14.2. The van der Waals surface area contributed by atoms with Gasteiger partial charge in [0.05, 0.1) is 18.0 Å². The minimum atomic E-state index is -0.343. The number of fused-ring (bicyclic) bond motifs is 1. The van der Waals surface area contributed by atoms with Crippen LogP contribution in [0.1, 0.15) is 16.4 Å². The van der Waals surface area contributed by atoms with Crippen LogP contribution in [0.25, 0.3) is 11.3 Å². The van der Waals surface area contributed by atoms with Crippen LogP contribution >= 0.6 is 34.7 Å². The average Bonchev–Trinajstić information content (AvgIpc) is 3.56. The number of thioether (sulfide) groups is 1. The van der Waals surface area contributed by atoms with Crippen molar-refractivity contribution in [3.05, 3.63) is 75.3 Å². The third-order valence-corrected chi connectivity index (χ3v) is 7.57. The summed E-state index contributed by atoms with van der Waals surface area (Å²) < 4.78 is 10.7. The van der Waals surface area contributed by atoms with Gasteiger partial charge < -0.3 is 19.7 Å². The van der Waals surface area contributed by atoms with Crippen LogP contribution in [-0.4, -0.2) is 50.8 Å². The second-order valence-electron chi connectivity index (χ2n) is 8.72. The quantitative estimate of drug-likeness (QED) is 0.208. The Kier molecular flexibility index (Phi) is 8.30. The number of nitrogens with one attached hydrogen (secondary N) is 1. The number of carbonyl (C=O) groups excluding carboxylic acids is 2. The number of aryl methyl sites for hydroxylation is 2. The maximum Gasteiger partial charge on any atom is 0.244 e. The van der Waals surface area contributed by atoms with E-state index in [2.05, 4.69) is 15.3 Å². The number of nitrogens with zero attached hydrogens (tertiary/aromatic N) is 4. The molecule has 0 fully saturated rings. The fraction of sp³-hybridized carbons (Fsp3) is 0.222. The van der Waals surface area contributed by atoms with E-state index >= 15 is 0 Å². The van der Waals surface area contributed by atoms with Crippen molar-refractivity contribution in [2.24, 2.45) is 0 Å².